The van der Waals surface area contributed by atoms with E-state index in [0.29, 0.717) is 26.2 Å². The van der Waals surface area contributed by atoms with Gasteiger partial charge in [0.25, 0.3) is 5.91 Å². The van der Waals surface area contributed by atoms with Crippen LogP contribution in [0.15, 0.2) is 36.8 Å². The van der Waals surface area contributed by atoms with E-state index >= 15 is 0 Å². The van der Waals surface area contributed by atoms with E-state index in [0.717, 1.165) is 12.1 Å². The van der Waals surface area contributed by atoms with Crippen molar-refractivity contribution >= 4 is 17.5 Å². The molecule has 1 aromatic carbocycles. The van der Waals surface area contributed by atoms with E-state index in [1.54, 1.807) is 4.90 Å². The first-order valence-corrected chi connectivity index (χ1v) is 8.05. The van der Waals surface area contributed by atoms with Gasteiger partial charge in [0.15, 0.2) is 11.6 Å². The van der Waals surface area contributed by atoms with Crippen LogP contribution in [0.3, 0.4) is 0 Å². The smallest absolute Gasteiger partial charge is 0.274 e. The number of carbonyl (C=O) groups excluding carboxylic acids is 2. The molecular formula is C17H17F2N5O2. The topological polar surface area (TPSA) is 78.4 Å². The summed E-state index contributed by atoms with van der Waals surface area (Å²) >= 11 is 0. The minimum absolute atomic E-state index is 0.103. The van der Waals surface area contributed by atoms with Crippen molar-refractivity contribution in [1.29, 1.82) is 0 Å². The van der Waals surface area contributed by atoms with Crippen molar-refractivity contribution in [2.45, 2.75) is 0 Å². The predicted octanol–water partition coefficient (Wildman–Crippen LogP) is 1.15. The molecule has 0 radical (unpaired) electrons. The molecule has 0 saturated carbocycles. The molecule has 2 aromatic rings. The van der Waals surface area contributed by atoms with E-state index in [-0.39, 0.29) is 29.7 Å². The summed E-state index contributed by atoms with van der Waals surface area (Å²) in [6.07, 6.45) is 4.39. The molecule has 9 heteroatoms. The van der Waals surface area contributed by atoms with Gasteiger partial charge >= 0.3 is 0 Å². The fourth-order valence-electron chi connectivity index (χ4n) is 2.66. The molecule has 1 fully saturated rings. The van der Waals surface area contributed by atoms with Gasteiger partial charge in [-0.05, 0) is 12.1 Å². The van der Waals surface area contributed by atoms with Crippen LogP contribution in [0.1, 0.15) is 10.5 Å². The van der Waals surface area contributed by atoms with E-state index < -0.39 is 11.6 Å². The lowest BCUT2D eigenvalue weighted by Gasteiger charge is -2.34. The minimum atomic E-state index is -1.01. The number of carbonyl (C=O) groups is 2. The molecule has 0 unspecified atom stereocenters. The number of nitrogens with one attached hydrogen (secondary N) is 1. The van der Waals surface area contributed by atoms with E-state index in [9.17, 15) is 18.4 Å². The quantitative estimate of drug-likeness (QED) is 0.884. The van der Waals surface area contributed by atoms with Crippen molar-refractivity contribution in [3.8, 4) is 0 Å². The zero-order chi connectivity index (χ0) is 18.5. The molecule has 1 aliphatic rings. The lowest BCUT2D eigenvalue weighted by atomic mass is 10.2. The summed E-state index contributed by atoms with van der Waals surface area (Å²) in [6.45, 7) is 2.09. The number of benzene rings is 1. The SMILES string of the molecule is O=C(CN1CCN(C(=O)c2cnccn2)CC1)Nc1ccc(F)c(F)c1. The third-order valence-corrected chi connectivity index (χ3v) is 4.01. The van der Waals surface area contributed by atoms with Crippen LogP contribution >= 0.6 is 0 Å². The first-order valence-electron chi connectivity index (χ1n) is 8.05. The Bertz CT molecular complexity index is 795. The number of hydrogen-bond donors (Lipinski definition) is 1. The van der Waals surface area contributed by atoms with Gasteiger partial charge < -0.3 is 10.2 Å². The molecule has 1 aliphatic heterocycles. The largest absolute Gasteiger partial charge is 0.335 e. The molecule has 0 spiro atoms. The van der Waals surface area contributed by atoms with E-state index in [2.05, 4.69) is 15.3 Å². The van der Waals surface area contributed by atoms with E-state index in [1.807, 2.05) is 4.90 Å². The maximum absolute atomic E-state index is 13.2. The molecule has 7 nitrogen and oxygen atoms in total. The number of halogens is 2. The Hall–Kier alpha value is -2.94. The second-order valence-corrected chi connectivity index (χ2v) is 5.84. The monoisotopic (exact) mass is 361 g/mol. The maximum atomic E-state index is 13.2. The highest BCUT2D eigenvalue weighted by atomic mass is 19.2. The van der Waals surface area contributed by atoms with Crippen molar-refractivity contribution in [1.82, 2.24) is 19.8 Å². The summed E-state index contributed by atoms with van der Waals surface area (Å²) < 4.78 is 26.1. The van der Waals surface area contributed by atoms with Crippen molar-refractivity contribution < 1.29 is 18.4 Å². The summed E-state index contributed by atoms with van der Waals surface area (Å²) in [5, 5.41) is 2.53. The third-order valence-electron chi connectivity index (χ3n) is 4.01. The lowest BCUT2D eigenvalue weighted by molar-refractivity contribution is -0.117. The van der Waals surface area contributed by atoms with Crippen LogP contribution in [0.25, 0.3) is 0 Å². The first kappa shape index (κ1) is 17.9. The Labute approximate surface area is 148 Å². The molecule has 0 atom stereocenters. The number of anilines is 1. The number of nitrogens with zero attached hydrogens (tertiary/aromatic N) is 4. The highest BCUT2D eigenvalue weighted by Gasteiger charge is 2.24. The molecule has 1 N–H and O–H groups in total. The molecule has 2 amide bonds. The van der Waals surface area contributed by atoms with Crippen LogP contribution in [-0.2, 0) is 4.79 Å². The molecule has 26 heavy (non-hydrogen) atoms. The zero-order valence-electron chi connectivity index (χ0n) is 13.9. The number of amides is 2. The van der Waals surface area contributed by atoms with Crippen LogP contribution in [-0.4, -0.2) is 64.3 Å². The summed E-state index contributed by atoms with van der Waals surface area (Å²) in [4.78, 5) is 35.8. The average molecular weight is 361 g/mol. The van der Waals surface area contributed by atoms with Gasteiger partial charge in [-0.15, -0.1) is 0 Å². The van der Waals surface area contributed by atoms with Crippen molar-refractivity contribution in [2.75, 3.05) is 38.0 Å². The molecule has 1 saturated heterocycles. The average Bonchev–Trinajstić information content (AvgIpc) is 2.65. The van der Waals surface area contributed by atoms with Gasteiger partial charge in [-0.3, -0.25) is 19.5 Å². The van der Waals surface area contributed by atoms with Gasteiger partial charge in [-0.2, -0.15) is 0 Å². The molecule has 136 valence electrons. The Morgan fingerprint density at radius 3 is 2.50 bits per heavy atom. The van der Waals surface area contributed by atoms with Crippen molar-refractivity contribution in [3.63, 3.8) is 0 Å². The van der Waals surface area contributed by atoms with E-state index in [4.69, 9.17) is 0 Å². The fourth-order valence-corrected chi connectivity index (χ4v) is 2.66. The number of rotatable bonds is 4. The van der Waals surface area contributed by atoms with Crippen molar-refractivity contribution in [3.05, 3.63) is 54.1 Å². The Kier molecular flexibility index (Phi) is 5.47. The second kappa shape index (κ2) is 7.96. The zero-order valence-corrected chi connectivity index (χ0v) is 13.9. The summed E-state index contributed by atoms with van der Waals surface area (Å²) in [6, 6.07) is 3.19. The molecule has 0 bridgehead atoms. The van der Waals surface area contributed by atoms with Gasteiger partial charge in [0.1, 0.15) is 5.69 Å². The minimum Gasteiger partial charge on any atom is -0.335 e. The highest BCUT2D eigenvalue weighted by molar-refractivity contribution is 5.93. The second-order valence-electron chi connectivity index (χ2n) is 5.84. The van der Waals surface area contributed by atoms with E-state index in [1.165, 1.54) is 24.7 Å². The number of aromatic nitrogens is 2. The Morgan fingerprint density at radius 1 is 1.08 bits per heavy atom. The molecule has 0 aliphatic carbocycles. The molecule has 2 heterocycles. The molecular weight excluding hydrogens is 344 g/mol. The van der Waals surface area contributed by atoms with Crippen LogP contribution in [0.5, 0.6) is 0 Å². The van der Waals surface area contributed by atoms with Gasteiger partial charge in [0, 0.05) is 50.3 Å². The fraction of sp³-hybridized carbons (Fsp3) is 0.294. The first-order chi connectivity index (χ1) is 12.5. The Balaban J connectivity index is 1.48. The van der Waals surface area contributed by atoms with Crippen LogP contribution in [0.4, 0.5) is 14.5 Å². The van der Waals surface area contributed by atoms with Gasteiger partial charge in [0.05, 0.1) is 12.7 Å². The van der Waals surface area contributed by atoms with Crippen LogP contribution < -0.4 is 5.32 Å². The Morgan fingerprint density at radius 2 is 1.85 bits per heavy atom. The van der Waals surface area contributed by atoms with Crippen molar-refractivity contribution in [2.24, 2.45) is 0 Å². The summed E-state index contributed by atoms with van der Waals surface area (Å²) in [7, 11) is 0. The standard InChI is InChI=1S/C17H17F2N5O2/c18-13-2-1-12(9-14(13)19)22-16(25)11-23-5-7-24(8-6-23)17(26)15-10-20-3-4-21-15/h1-4,9-10H,5-8,11H2,(H,22,25). The number of piperazine rings is 1. The highest BCUT2D eigenvalue weighted by Crippen LogP contribution is 2.13. The van der Waals surface area contributed by atoms with Gasteiger partial charge in [0.2, 0.25) is 5.91 Å². The van der Waals surface area contributed by atoms with Crippen LogP contribution in [0, 0.1) is 11.6 Å². The van der Waals surface area contributed by atoms with Gasteiger partial charge in [-0.25, -0.2) is 13.8 Å². The summed E-state index contributed by atoms with van der Waals surface area (Å²) in [5.74, 6) is -2.50. The summed E-state index contributed by atoms with van der Waals surface area (Å²) in [5.41, 5.74) is 0.488. The third kappa shape index (κ3) is 4.37. The lowest BCUT2D eigenvalue weighted by Crippen LogP contribution is -2.50. The number of hydrogen-bond acceptors (Lipinski definition) is 5. The maximum Gasteiger partial charge on any atom is 0.274 e. The predicted molar refractivity (Wildman–Crippen MR) is 89.4 cm³/mol. The normalized spacial score (nSPS) is 14.9. The molecule has 3 rings (SSSR count). The van der Waals surface area contributed by atoms with Gasteiger partial charge in [-0.1, -0.05) is 0 Å². The van der Waals surface area contributed by atoms with Crippen LogP contribution in [0.2, 0.25) is 0 Å². The molecule has 1 aromatic heterocycles.